The van der Waals surface area contributed by atoms with Crippen LogP contribution in [0.4, 0.5) is 26.7 Å². The second-order valence-electron chi connectivity index (χ2n) is 9.48. The summed E-state index contributed by atoms with van der Waals surface area (Å²) in [6.07, 6.45) is -3.88. The lowest BCUT2D eigenvalue weighted by Crippen LogP contribution is -2.51. The molecule has 1 fully saturated rings. The van der Waals surface area contributed by atoms with Gasteiger partial charge in [-0.25, -0.2) is 4.79 Å². The number of hydrogen-bond donors (Lipinski definition) is 1. The zero-order chi connectivity index (χ0) is 24.2. The van der Waals surface area contributed by atoms with Crippen LogP contribution >= 0.6 is 0 Å². The van der Waals surface area contributed by atoms with Gasteiger partial charge in [-0.3, -0.25) is 9.79 Å². The monoisotopic (exact) mass is 469 g/mol. The van der Waals surface area contributed by atoms with E-state index in [9.17, 15) is 31.5 Å². The molecule has 0 bridgehead atoms. The summed E-state index contributed by atoms with van der Waals surface area (Å²) in [5.41, 5.74) is -1.47. The van der Waals surface area contributed by atoms with Crippen molar-refractivity contribution in [2.45, 2.75) is 102 Å². The number of carbonyl (C=O) groups is 2. The van der Waals surface area contributed by atoms with E-state index in [-0.39, 0.29) is 18.7 Å². The normalized spacial score (nSPS) is 19.2. The van der Waals surface area contributed by atoms with Crippen LogP contribution < -0.4 is 5.32 Å². The van der Waals surface area contributed by atoms with Crippen molar-refractivity contribution in [2.75, 3.05) is 13.1 Å². The van der Waals surface area contributed by atoms with Crippen molar-refractivity contribution in [2.24, 2.45) is 4.99 Å². The Morgan fingerprint density at radius 2 is 1.59 bits per heavy atom. The molecule has 0 aromatic carbocycles. The Morgan fingerprint density at radius 3 is 2.16 bits per heavy atom. The van der Waals surface area contributed by atoms with Crippen LogP contribution in [0.5, 0.6) is 0 Å². The number of likely N-dealkylation sites (tertiary alicyclic amines) is 1. The smallest absolute Gasteiger partial charge is 0.444 e. The molecule has 2 rings (SSSR count). The van der Waals surface area contributed by atoms with Gasteiger partial charge >= 0.3 is 18.2 Å². The van der Waals surface area contributed by atoms with Crippen molar-refractivity contribution in [3.8, 4) is 0 Å². The fourth-order valence-corrected chi connectivity index (χ4v) is 3.74. The summed E-state index contributed by atoms with van der Waals surface area (Å²) in [6, 6.07) is 0. The first kappa shape index (κ1) is 26.3. The minimum Gasteiger partial charge on any atom is -0.444 e. The number of ether oxygens (including phenoxy) is 1. The SMILES string of the molecule is CC(C)(C)OC(=O)N1CCC2(CC1)N=C(CCCCCCCC(F)(F)C(F)(F)F)NC2=O. The maximum absolute atomic E-state index is 12.9. The van der Waals surface area contributed by atoms with Gasteiger partial charge in [-0.2, -0.15) is 22.0 Å². The summed E-state index contributed by atoms with van der Waals surface area (Å²) in [4.78, 5) is 30.8. The van der Waals surface area contributed by atoms with Crippen LogP contribution in [-0.2, 0) is 9.53 Å². The van der Waals surface area contributed by atoms with Gasteiger partial charge in [-0.05, 0) is 46.5 Å². The fourth-order valence-electron chi connectivity index (χ4n) is 3.74. The number of aliphatic imine (C=N–C) groups is 1. The number of halogens is 5. The number of carbonyl (C=O) groups excluding carboxylic acids is 2. The average molecular weight is 469 g/mol. The van der Waals surface area contributed by atoms with Crippen LogP contribution in [0.15, 0.2) is 4.99 Å². The number of nitrogens with zero attached hydrogens (tertiary/aromatic N) is 2. The van der Waals surface area contributed by atoms with Crippen molar-refractivity contribution in [3.05, 3.63) is 0 Å². The van der Waals surface area contributed by atoms with E-state index in [1.165, 1.54) is 0 Å². The van der Waals surface area contributed by atoms with E-state index in [2.05, 4.69) is 10.3 Å². The highest BCUT2D eigenvalue weighted by Crippen LogP contribution is 2.39. The molecular weight excluding hydrogens is 437 g/mol. The van der Waals surface area contributed by atoms with Gasteiger partial charge in [0.15, 0.2) is 0 Å². The van der Waals surface area contributed by atoms with E-state index in [1.54, 1.807) is 25.7 Å². The third-order valence-electron chi connectivity index (χ3n) is 5.59. The Labute approximate surface area is 184 Å². The van der Waals surface area contributed by atoms with Gasteiger partial charge in [-0.1, -0.05) is 19.3 Å². The van der Waals surface area contributed by atoms with E-state index in [1.807, 2.05) is 0 Å². The van der Waals surface area contributed by atoms with Crippen molar-refractivity contribution in [1.29, 1.82) is 0 Å². The molecule has 0 radical (unpaired) electrons. The van der Waals surface area contributed by atoms with Gasteiger partial charge in [0.1, 0.15) is 17.0 Å². The molecule has 32 heavy (non-hydrogen) atoms. The molecule has 2 heterocycles. The maximum atomic E-state index is 12.9. The van der Waals surface area contributed by atoms with Crippen LogP contribution in [0.25, 0.3) is 0 Å². The summed E-state index contributed by atoms with van der Waals surface area (Å²) >= 11 is 0. The summed E-state index contributed by atoms with van der Waals surface area (Å²) in [6.45, 7) is 6.09. The van der Waals surface area contributed by atoms with E-state index >= 15 is 0 Å². The number of amidine groups is 1. The first-order valence-electron chi connectivity index (χ1n) is 11.0. The summed E-state index contributed by atoms with van der Waals surface area (Å²) in [5.74, 6) is -4.27. The number of unbranched alkanes of at least 4 members (excludes halogenated alkanes) is 4. The zero-order valence-corrected chi connectivity index (χ0v) is 18.8. The third kappa shape index (κ3) is 7.03. The number of amides is 2. The molecule has 2 amide bonds. The quantitative estimate of drug-likeness (QED) is 0.392. The number of alkyl halides is 5. The van der Waals surface area contributed by atoms with E-state index < -0.39 is 35.8 Å². The molecule has 1 N–H and O–H groups in total. The highest BCUT2D eigenvalue weighted by Gasteiger charge is 2.56. The minimum absolute atomic E-state index is 0.189. The van der Waals surface area contributed by atoms with Crippen LogP contribution in [0.1, 0.15) is 78.6 Å². The first-order valence-corrected chi connectivity index (χ1v) is 11.0. The van der Waals surface area contributed by atoms with Crippen LogP contribution in [0, 0.1) is 0 Å². The molecule has 184 valence electrons. The molecule has 0 aromatic heterocycles. The average Bonchev–Trinajstić information content (AvgIpc) is 2.94. The topological polar surface area (TPSA) is 71.0 Å². The van der Waals surface area contributed by atoms with E-state index in [0.717, 1.165) is 0 Å². The molecule has 2 aliphatic heterocycles. The molecule has 0 unspecified atom stereocenters. The predicted octanol–water partition coefficient (Wildman–Crippen LogP) is 5.21. The molecule has 2 aliphatic rings. The number of piperidine rings is 1. The largest absolute Gasteiger partial charge is 0.453 e. The molecule has 11 heteroatoms. The van der Waals surface area contributed by atoms with Gasteiger partial charge < -0.3 is 15.0 Å². The van der Waals surface area contributed by atoms with Crippen molar-refractivity contribution < 1.29 is 36.3 Å². The van der Waals surface area contributed by atoms with Gasteiger partial charge in [0.2, 0.25) is 0 Å². The second kappa shape index (κ2) is 9.91. The Morgan fingerprint density at radius 1 is 1.03 bits per heavy atom. The standard InChI is InChI=1S/C21H32F5N3O3/c1-18(2,3)32-17(31)29-13-11-19(12-14-29)16(30)27-15(28-19)9-7-5-4-6-8-10-20(22,23)21(24,25)26/h4-14H2,1-3H3,(H,27,28,30). The molecule has 1 saturated heterocycles. The predicted molar refractivity (Wildman–Crippen MR) is 109 cm³/mol. The highest BCUT2D eigenvalue weighted by molar-refractivity contribution is 6.08. The molecule has 0 aliphatic carbocycles. The lowest BCUT2D eigenvalue weighted by atomic mass is 9.88. The third-order valence-corrected chi connectivity index (χ3v) is 5.59. The second-order valence-corrected chi connectivity index (χ2v) is 9.48. The van der Waals surface area contributed by atoms with Gasteiger partial charge in [0.05, 0.1) is 0 Å². The fraction of sp³-hybridized carbons (Fsp3) is 0.857. The molecule has 0 saturated carbocycles. The Bertz CT molecular complexity index is 708. The van der Waals surface area contributed by atoms with E-state index in [0.29, 0.717) is 57.5 Å². The molecule has 1 spiro atoms. The van der Waals surface area contributed by atoms with Gasteiger partial charge in [0.25, 0.3) is 5.91 Å². The zero-order valence-electron chi connectivity index (χ0n) is 18.8. The van der Waals surface area contributed by atoms with Gasteiger partial charge in [0, 0.05) is 25.9 Å². The Hall–Kier alpha value is -1.94. The van der Waals surface area contributed by atoms with Crippen molar-refractivity contribution >= 4 is 17.8 Å². The molecular formula is C21H32F5N3O3. The Kier molecular flexibility index (Phi) is 8.15. The minimum atomic E-state index is -5.50. The van der Waals surface area contributed by atoms with Crippen LogP contribution in [-0.4, -0.2) is 59.1 Å². The number of rotatable bonds is 8. The van der Waals surface area contributed by atoms with Crippen LogP contribution in [0.3, 0.4) is 0 Å². The van der Waals surface area contributed by atoms with Crippen LogP contribution in [0.2, 0.25) is 0 Å². The molecule has 0 aromatic rings. The number of nitrogens with one attached hydrogen (secondary N) is 1. The van der Waals surface area contributed by atoms with Gasteiger partial charge in [-0.15, -0.1) is 0 Å². The van der Waals surface area contributed by atoms with E-state index in [4.69, 9.17) is 4.74 Å². The molecule has 0 atom stereocenters. The number of hydrogen-bond acceptors (Lipinski definition) is 4. The van der Waals surface area contributed by atoms with Crippen molar-refractivity contribution in [3.63, 3.8) is 0 Å². The van der Waals surface area contributed by atoms with Crippen molar-refractivity contribution in [1.82, 2.24) is 10.2 Å². The summed E-state index contributed by atoms with van der Waals surface area (Å²) in [7, 11) is 0. The highest BCUT2D eigenvalue weighted by atomic mass is 19.4. The Balaban J connectivity index is 1.70. The summed E-state index contributed by atoms with van der Waals surface area (Å²) in [5, 5.41) is 2.79. The lowest BCUT2D eigenvalue weighted by Gasteiger charge is -2.36. The summed E-state index contributed by atoms with van der Waals surface area (Å²) < 4.78 is 67.4. The first-order chi connectivity index (χ1) is 14.7. The molecule has 6 nitrogen and oxygen atoms in total. The lowest BCUT2D eigenvalue weighted by molar-refractivity contribution is -0.284. The maximum Gasteiger partial charge on any atom is 0.453 e.